The van der Waals surface area contributed by atoms with Crippen LogP contribution in [0, 0.1) is 0 Å². The van der Waals surface area contributed by atoms with E-state index in [-0.39, 0.29) is 24.9 Å². The normalized spacial score (nSPS) is 13.5. The number of rotatable bonds is 9. The van der Waals surface area contributed by atoms with Gasteiger partial charge >= 0.3 is 6.09 Å². The molecule has 0 radical (unpaired) electrons. The standard InChI is InChI=1S/C29H31N3O4/c1-20(22-9-5-4-6-10-22)31-27(33)29(2,17-23-18-30-26-12-8-7-11-25(23)26)32(28(34)35)19-21-13-15-24(36-3)16-14-21/h4-16,18,20,30H,17,19H2,1-3H3,(H,31,33)(H,34,35)/t20-,29+/m0/s1. The molecule has 1 aromatic heterocycles. The number of carboxylic acid groups (broad SMARTS) is 1. The van der Waals surface area contributed by atoms with Gasteiger partial charge in [-0.1, -0.05) is 60.7 Å². The fourth-order valence-corrected chi connectivity index (χ4v) is 4.49. The predicted molar refractivity (Wildman–Crippen MR) is 140 cm³/mol. The van der Waals surface area contributed by atoms with E-state index in [0.717, 1.165) is 27.6 Å². The van der Waals surface area contributed by atoms with E-state index in [1.54, 1.807) is 26.2 Å². The van der Waals surface area contributed by atoms with Gasteiger partial charge in [-0.2, -0.15) is 0 Å². The van der Waals surface area contributed by atoms with E-state index in [0.29, 0.717) is 5.75 Å². The number of ether oxygens (including phenoxy) is 1. The van der Waals surface area contributed by atoms with Gasteiger partial charge in [0.1, 0.15) is 11.3 Å². The van der Waals surface area contributed by atoms with Crippen LogP contribution in [0.25, 0.3) is 10.9 Å². The molecular weight excluding hydrogens is 454 g/mol. The van der Waals surface area contributed by atoms with Gasteiger partial charge in [0.2, 0.25) is 5.91 Å². The van der Waals surface area contributed by atoms with Gasteiger partial charge in [-0.3, -0.25) is 9.69 Å². The van der Waals surface area contributed by atoms with Crippen molar-refractivity contribution in [2.45, 2.75) is 38.4 Å². The molecule has 0 saturated carbocycles. The zero-order valence-electron chi connectivity index (χ0n) is 20.7. The van der Waals surface area contributed by atoms with Crippen LogP contribution in [0.1, 0.15) is 36.6 Å². The largest absolute Gasteiger partial charge is 0.497 e. The number of para-hydroxylation sites is 1. The molecule has 0 aliphatic carbocycles. The summed E-state index contributed by atoms with van der Waals surface area (Å²) in [6, 6.07) is 24.3. The van der Waals surface area contributed by atoms with Crippen LogP contribution in [0.3, 0.4) is 0 Å². The van der Waals surface area contributed by atoms with Crippen molar-refractivity contribution in [1.29, 1.82) is 0 Å². The van der Waals surface area contributed by atoms with Crippen molar-refractivity contribution >= 4 is 22.9 Å². The van der Waals surface area contributed by atoms with Gasteiger partial charge in [0, 0.05) is 23.5 Å². The van der Waals surface area contributed by atoms with Crippen molar-refractivity contribution in [2.24, 2.45) is 0 Å². The number of benzene rings is 3. The molecule has 3 aromatic carbocycles. The Labute approximate surface area is 210 Å². The second-order valence-electron chi connectivity index (χ2n) is 9.13. The average molecular weight is 486 g/mol. The number of nitrogens with one attached hydrogen (secondary N) is 2. The molecule has 36 heavy (non-hydrogen) atoms. The number of fused-ring (bicyclic) bond motifs is 1. The zero-order chi connectivity index (χ0) is 25.7. The summed E-state index contributed by atoms with van der Waals surface area (Å²) in [7, 11) is 1.58. The number of hydrogen-bond donors (Lipinski definition) is 3. The third-order valence-corrected chi connectivity index (χ3v) is 6.67. The third kappa shape index (κ3) is 5.20. The minimum absolute atomic E-state index is 0.0469. The quantitative estimate of drug-likeness (QED) is 0.290. The van der Waals surface area contributed by atoms with Gasteiger partial charge < -0.3 is 20.1 Å². The predicted octanol–water partition coefficient (Wildman–Crippen LogP) is 5.54. The highest BCUT2D eigenvalue weighted by Gasteiger charge is 2.43. The molecule has 0 aliphatic rings. The minimum Gasteiger partial charge on any atom is -0.497 e. The lowest BCUT2D eigenvalue weighted by Gasteiger charge is -2.39. The highest BCUT2D eigenvalue weighted by atomic mass is 16.5. The SMILES string of the molecule is COc1ccc(CN(C(=O)O)[C@](C)(Cc2c[nH]c3ccccc23)C(=O)N[C@@H](C)c2ccccc2)cc1. The Morgan fingerprint density at radius 1 is 1.03 bits per heavy atom. The van der Waals surface area contributed by atoms with Crippen LogP contribution < -0.4 is 10.1 Å². The molecule has 0 spiro atoms. The van der Waals surface area contributed by atoms with E-state index in [9.17, 15) is 14.7 Å². The Hall–Kier alpha value is -4.26. The van der Waals surface area contributed by atoms with Gasteiger partial charge in [-0.25, -0.2) is 4.79 Å². The monoisotopic (exact) mass is 485 g/mol. The van der Waals surface area contributed by atoms with Crippen LogP contribution in [-0.2, 0) is 17.8 Å². The lowest BCUT2D eigenvalue weighted by atomic mass is 9.88. The Kier molecular flexibility index (Phi) is 7.29. The number of nitrogens with zero attached hydrogens (tertiary/aromatic N) is 1. The van der Waals surface area contributed by atoms with Gasteiger partial charge in [0.05, 0.1) is 19.7 Å². The summed E-state index contributed by atoms with van der Waals surface area (Å²) in [4.78, 5) is 31.0. The number of amides is 2. The van der Waals surface area contributed by atoms with E-state index in [1.165, 1.54) is 4.90 Å². The summed E-state index contributed by atoms with van der Waals surface area (Å²) in [6.45, 7) is 3.64. The molecule has 2 atom stereocenters. The lowest BCUT2D eigenvalue weighted by Crippen LogP contribution is -2.59. The van der Waals surface area contributed by atoms with Crippen molar-refractivity contribution in [2.75, 3.05) is 7.11 Å². The first kappa shape index (κ1) is 24.9. The Morgan fingerprint density at radius 3 is 2.36 bits per heavy atom. The second-order valence-corrected chi connectivity index (χ2v) is 9.13. The fraction of sp³-hybridized carbons (Fsp3) is 0.241. The zero-order valence-corrected chi connectivity index (χ0v) is 20.7. The van der Waals surface area contributed by atoms with E-state index >= 15 is 0 Å². The maximum Gasteiger partial charge on any atom is 0.408 e. The third-order valence-electron chi connectivity index (χ3n) is 6.67. The molecule has 4 rings (SSSR count). The molecule has 2 amide bonds. The molecule has 4 aromatic rings. The van der Waals surface area contributed by atoms with E-state index in [4.69, 9.17) is 4.74 Å². The summed E-state index contributed by atoms with van der Waals surface area (Å²) >= 11 is 0. The Balaban J connectivity index is 1.71. The average Bonchev–Trinajstić information content (AvgIpc) is 3.30. The van der Waals surface area contributed by atoms with E-state index in [1.807, 2.05) is 79.9 Å². The minimum atomic E-state index is -1.39. The summed E-state index contributed by atoms with van der Waals surface area (Å²) in [5.41, 5.74) is 2.12. The molecule has 3 N–H and O–H groups in total. The number of methoxy groups -OCH3 is 1. The van der Waals surface area contributed by atoms with Crippen molar-refractivity contribution in [3.8, 4) is 5.75 Å². The van der Waals surface area contributed by atoms with Crippen molar-refractivity contribution in [1.82, 2.24) is 15.2 Å². The summed E-state index contributed by atoms with van der Waals surface area (Å²) in [5, 5.41) is 14.3. The molecule has 7 heteroatoms. The van der Waals surface area contributed by atoms with E-state index in [2.05, 4.69) is 10.3 Å². The van der Waals surface area contributed by atoms with Crippen LogP contribution in [0.5, 0.6) is 5.75 Å². The van der Waals surface area contributed by atoms with Gasteiger partial charge in [-0.05, 0) is 48.7 Å². The molecule has 0 saturated heterocycles. The van der Waals surface area contributed by atoms with Gasteiger partial charge in [-0.15, -0.1) is 0 Å². The first-order valence-corrected chi connectivity index (χ1v) is 11.9. The molecule has 0 fully saturated rings. The fourth-order valence-electron chi connectivity index (χ4n) is 4.49. The van der Waals surface area contributed by atoms with Gasteiger partial charge in [0.15, 0.2) is 0 Å². The molecule has 7 nitrogen and oxygen atoms in total. The van der Waals surface area contributed by atoms with Crippen molar-refractivity contribution in [3.05, 3.63) is 102 Å². The Bertz CT molecular complexity index is 1330. The van der Waals surface area contributed by atoms with Crippen LogP contribution in [-0.4, -0.2) is 39.6 Å². The van der Waals surface area contributed by atoms with Crippen LogP contribution in [0.4, 0.5) is 4.79 Å². The van der Waals surface area contributed by atoms with Gasteiger partial charge in [0.25, 0.3) is 0 Å². The molecule has 0 aliphatic heterocycles. The summed E-state index contributed by atoms with van der Waals surface area (Å²) in [6.07, 6.45) is 0.882. The number of aromatic nitrogens is 1. The van der Waals surface area contributed by atoms with Crippen LogP contribution in [0.15, 0.2) is 85.1 Å². The Morgan fingerprint density at radius 2 is 1.69 bits per heavy atom. The number of aromatic amines is 1. The second kappa shape index (κ2) is 10.6. The maximum absolute atomic E-state index is 13.9. The molecular formula is C29H31N3O4. The first-order chi connectivity index (χ1) is 17.3. The van der Waals surface area contributed by atoms with Crippen LogP contribution in [0.2, 0.25) is 0 Å². The summed E-state index contributed by atoms with van der Waals surface area (Å²) < 4.78 is 5.23. The molecule has 1 heterocycles. The lowest BCUT2D eigenvalue weighted by molar-refractivity contribution is -0.132. The molecule has 0 unspecified atom stereocenters. The molecule has 186 valence electrons. The smallest absolute Gasteiger partial charge is 0.408 e. The van der Waals surface area contributed by atoms with Crippen molar-refractivity contribution < 1.29 is 19.4 Å². The number of H-pyrrole nitrogens is 1. The summed E-state index contributed by atoms with van der Waals surface area (Å²) in [5.74, 6) is 0.316. The van der Waals surface area contributed by atoms with E-state index < -0.39 is 11.6 Å². The maximum atomic E-state index is 13.9. The topological polar surface area (TPSA) is 94.7 Å². The molecule has 0 bridgehead atoms. The van der Waals surface area contributed by atoms with Crippen molar-refractivity contribution in [3.63, 3.8) is 0 Å². The highest BCUT2D eigenvalue weighted by Crippen LogP contribution is 2.29. The highest BCUT2D eigenvalue weighted by molar-refractivity contribution is 5.91. The first-order valence-electron chi connectivity index (χ1n) is 11.9. The number of carbonyl (C=O) groups is 2. The van der Waals surface area contributed by atoms with Crippen LogP contribution >= 0.6 is 0 Å². The number of hydrogen-bond acceptors (Lipinski definition) is 3. The number of carbonyl (C=O) groups excluding carboxylic acids is 1.